The van der Waals surface area contributed by atoms with Gasteiger partial charge in [0.25, 0.3) is 0 Å². The molecule has 0 bridgehead atoms. The summed E-state index contributed by atoms with van der Waals surface area (Å²) in [6.45, 7) is 11.8. The molecule has 20 heavy (non-hydrogen) atoms. The van der Waals surface area contributed by atoms with Crippen molar-refractivity contribution in [3.63, 3.8) is 0 Å². The Kier molecular flexibility index (Phi) is 6.80. The third-order valence-electron chi connectivity index (χ3n) is 3.04. The molecule has 0 aliphatic carbocycles. The van der Waals surface area contributed by atoms with Crippen LogP contribution >= 0.6 is 0 Å². The van der Waals surface area contributed by atoms with Crippen LogP contribution in [0.25, 0.3) is 6.08 Å². The number of rotatable bonds is 7. The number of para-hydroxylation sites is 1. The van der Waals surface area contributed by atoms with Gasteiger partial charge in [-0.05, 0) is 60.1 Å². The first-order chi connectivity index (χ1) is 9.42. The molecule has 0 fully saturated rings. The van der Waals surface area contributed by atoms with Gasteiger partial charge in [0.2, 0.25) is 0 Å². The van der Waals surface area contributed by atoms with Gasteiger partial charge >= 0.3 is 0 Å². The summed E-state index contributed by atoms with van der Waals surface area (Å²) >= 11 is 0. The topological polar surface area (TPSA) is 21.3 Å². The zero-order valence-electron chi connectivity index (χ0n) is 13.6. The lowest BCUT2D eigenvalue weighted by Crippen LogP contribution is -2.36. The summed E-state index contributed by atoms with van der Waals surface area (Å²) in [6, 6.07) is 8.19. The highest BCUT2D eigenvalue weighted by molar-refractivity contribution is 5.56. The molecule has 0 aliphatic rings. The van der Waals surface area contributed by atoms with Crippen molar-refractivity contribution in [2.75, 3.05) is 6.54 Å². The number of allylic oxidation sites excluding steroid dienone is 1. The standard InChI is InChI=1S/C18H29NO/c1-6-10-16-12-7-8-13-17(16)20-15(2)11-9-14-19-18(3,4)5/h6-8,10,12-13,15,19H,9,11,14H2,1-5H3. The average Bonchev–Trinajstić information content (AvgIpc) is 2.36. The molecule has 0 spiro atoms. The molecule has 1 aromatic carbocycles. The summed E-state index contributed by atoms with van der Waals surface area (Å²) in [5, 5.41) is 3.51. The van der Waals surface area contributed by atoms with Crippen LogP contribution in [-0.2, 0) is 0 Å². The molecule has 1 unspecified atom stereocenters. The predicted molar refractivity (Wildman–Crippen MR) is 88.2 cm³/mol. The molecule has 2 heteroatoms. The zero-order chi connectivity index (χ0) is 15.0. The van der Waals surface area contributed by atoms with Gasteiger partial charge < -0.3 is 10.1 Å². The minimum atomic E-state index is 0.197. The highest BCUT2D eigenvalue weighted by atomic mass is 16.5. The molecule has 0 radical (unpaired) electrons. The largest absolute Gasteiger partial charge is 0.490 e. The highest BCUT2D eigenvalue weighted by Crippen LogP contribution is 2.21. The monoisotopic (exact) mass is 275 g/mol. The van der Waals surface area contributed by atoms with E-state index >= 15 is 0 Å². The van der Waals surface area contributed by atoms with Gasteiger partial charge in [0.1, 0.15) is 5.75 Å². The Bertz CT molecular complexity index is 418. The van der Waals surface area contributed by atoms with E-state index in [-0.39, 0.29) is 11.6 Å². The fraction of sp³-hybridized carbons (Fsp3) is 0.556. The van der Waals surface area contributed by atoms with Crippen LogP contribution in [0.2, 0.25) is 0 Å². The first kappa shape index (κ1) is 16.8. The molecular weight excluding hydrogens is 246 g/mol. The van der Waals surface area contributed by atoms with Crippen LogP contribution < -0.4 is 10.1 Å². The van der Waals surface area contributed by atoms with Crippen molar-refractivity contribution >= 4 is 6.08 Å². The Morgan fingerprint density at radius 1 is 1.25 bits per heavy atom. The van der Waals surface area contributed by atoms with Crippen molar-refractivity contribution in [1.29, 1.82) is 0 Å². The number of nitrogens with one attached hydrogen (secondary N) is 1. The second kappa shape index (κ2) is 8.11. The van der Waals surface area contributed by atoms with E-state index in [4.69, 9.17) is 4.74 Å². The SMILES string of the molecule is CC=Cc1ccccc1OC(C)CCCNC(C)(C)C. The maximum atomic E-state index is 6.05. The predicted octanol–water partition coefficient (Wildman–Crippen LogP) is 4.66. The first-order valence-corrected chi connectivity index (χ1v) is 7.56. The summed E-state index contributed by atoms with van der Waals surface area (Å²) in [7, 11) is 0. The molecule has 1 aromatic rings. The Morgan fingerprint density at radius 2 is 1.95 bits per heavy atom. The summed E-state index contributed by atoms with van der Waals surface area (Å²) in [4.78, 5) is 0. The normalized spacial score (nSPS) is 13.7. The Labute approximate surface area is 124 Å². The van der Waals surface area contributed by atoms with E-state index in [9.17, 15) is 0 Å². The molecule has 0 saturated heterocycles. The van der Waals surface area contributed by atoms with Crippen LogP contribution in [0.3, 0.4) is 0 Å². The minimum Gasteiger partial charge on any atom is -0.490 e. The Balaban J connectivity index is 2.41. The van der Waals surface area contributed by atoms with Crippen LogP contribution in [0, 0.1) is 0 Å². The van der Waals surface area contributed by atoms with Crippen LogP contribution in [0.1, 0.15) is 53.0 Å². The molecule has 2 nitrogen and oxygen atoms in total. The van der Waals surface area contributed by atoms with E-state index in [1.165, 1.54) is 0 Å². The molecule has 1 atom stereocenters. The van der Waals surface area contributed by atoms with Gasteiger partial charge in [-0.25, -0.2) is 0 Å². The molecule has 112 valence electrons. The van der Waals surface area contributed by atoms with Crippen molar-refractivity contribution in [3.8, 4) is 5.75 Å². The summed E-state index contributed by atoms with van der Waals surface area (Å²) in [5.41, 5.74) is 1.34. The van der Waals surface area contributed by atoms with Crippen LogP contribution in [0.5, 0.6) is 5.75 Å². The number of ether oxygens (including phenoxy) is 1. The maximum Gasteiger partial charge on any atom is 0.126 e. The molecule has 1 rings (SSSR count). The molecule has 1 N–H and O–H groups in total. The van der Waals surface area contributed by atoms with E-state index in [0.29, 0.717) is 0 Å². The fourth-order valence-corrected chi connectivity index (χ4v) is 2.03. The van der Waals surface area contributed by atoms with Gasteiger partial charge in [-0.2, -0.15) is 0 Å². The Hall–Kier alpha value is -1.28. The third kappa shape index (κ3) is 6.76. The molecule has 0 aromatic heterocycles. The van der Waals surface area contributed by atoms with E-state index in [1.807, 2.05) is 31.2 Å². The highest BCUT2D eigenvalue weighted by Gasteiger charge is 2.09. The molecule has 0 amide bonds. The van der Waals surface area contributed by atoms with Gasteiger partial charge in [0.05, 0.1) is 6.10 Å². The van der Waals surface area contributed by atoms with Crippen molar-refractivity contribution < 1.29 is 4.74 Å². The second-order valence-corrected chi connectivity index (χ2v) is 6.29. The maximum absolute atomic E-state index is 6.05. The third-order valence-corrected chi connectivity index (χ3v) is 3.04. The zero-order valence-corrected chi connectivity index (χ0v) is 13.6. The van der Waals surface area contributed by atoms with Gasteiger partial charge in [-0.1, -0.05) is 30.4 Å². The van der Waals surface area contributed by atoms with Gasteiger partial charge in [-0.3, -0.25) is 0 Å². The van der Waals surface area contributed by atoms with Gasteiger partial charge in [0, 0.05) is 11.1 Å². The van der Waals surface area contributed by atoms with Crippen molar-refractivity contribution in [3.05, 3.63) is 35.9 Å². The number of benzene rings is 1. The number of hydrogen-bond acceptors (Lipinski definition) is 2. The van der Waals surface area contributed by atoms with Gasteiger partial charge in [0.15, 0.2) is 0 Å². The van der Waals surface area contributed by atoms with E-state index in [0.717, 1.165) is 30.7 Å². The van der Waals surface area contributed by atoms with Crippen LogP contribution in [-0.4, -0.2) is 18.2 Å². The van der Waals surface area contributed by atoms with Crippen molar-refractivity contribution in [2.45, 2.75) is 59.1 Å². The molecule has 0 heterocycles. The first-order valence-electron chi connectivity index (χ1n) is 7.56. The molecular formula is C18H29NO. The van der Waals surface area contributed by atoms with Crippen molar-refractivity contribution in [2.24, 2.45) is 0 Å². The van der Waals surface area contributed by atoms with E-state index in [2.05, 4.69) is 45.2 Å². The lowest BCUT2D eigenvalue weighted by molar-refractivity contribution is 0.205. The summed E-state index contributed by atoms with van der Waals surface area (Å²) in [5.74, 6) is 0.974. The Morgan fingerprint density at radius 3 is 2.60 bits per heavy atom. The fourth-order valence-electron chi connectivity index (χ4n) is 2.03. The lowest BCUT2D eigenvalue weighted by Gasteiger charge is -2.21. The second-order valence-electron chi connectivity index (χ2n) is 6.29. The quantitative estimate of drug-likeness (QED) is 0.731. The van der Waals surface area contributed by atoms with Gasteiger partial charge in [-0.15, -0.1) is 0 Å². The average molecular weight is 275 g/mol. The minimum absolute atomic E-state index is 0.197. The van der Waals surface area contributed by atoms with Crippen LogP contribution in [0.15, 0.2) is 30.3 Å². The molecule has 0 aliphatic heterocycles. The summed E-state index contributed by atoms with van der Waals surface area (Å²) in [6.07, 6.45) is 6.56. The summed E-state index contributed by atoms with van der Waals surface area (Å²) < 4.78 is 6.05. The van der Waals surface area contributed by atoms with E-state index in [1.54, 1.807) is 0 Å². The lowest BCUT2D eigenvalue weighted by atomic mass is 10.1. The van der Waals surface area contributed by atoms with Crippen molar-refractivity contribution in [1.82, 2.24) is 5.32 Å². The van der Waals surface area contributed by atoms with E-state index < -0.39 is 0 Å². The molecule has 0 saturated carbocycles. The smallest absolute Gasteiger partial charge is 0.126 e. The number of hydrogen-bond donors (Lipinski definition) is 1. The van der Waals surface area contributed by atoms with Crippen LogP contribution in [0.4, 0.5) is 0 Å².